The lowest BCUT2D eigenvalue weighted by atomic mass is 10.0. The summed E-state index contributed by atoms with van der Waals surface area (Å²) in [5, 5.41) is 5.23. The lowest BCUT2D eigenvalue weighted by molar-refractivity contribution is -0.114. The number of nitrogens with one attached hydrogen (secondary N) is 1. The highest BCUT2D eigenvalue weighted by Crippen LogP contribution is 2.33. The predicted molar refractivity (Wildman–Crippen MR) is 110 cm³/mol. The van der Waals surface area contributed by atoms with Gasteiger partial charge in [0.1, 0.15) is 5.75 Å². The second-order valence-electron chi connectivity index (χ2n) is 6.64. The minimum Gasteiger partial charge on any atom is -0.493 e. The van der Waals surface area contributed by atoms with Gasteiger partial charge < -0.3 is 15.0 Å². The fourth-order valence-electron chi connectivity index (χ4n) is 3.48. The highest BCUT2D eigenvalue weighted by Gasteiger charge is 2.28. The number of rotatable bonds is 4. The fraction of sp³-hybridized carbons (Fsp3) is 0.286. The van der Waals surface area contributed by atoms with E-state index in [2.05, 4.69) is 10.3 Å². The van der Waals surface area contributed by atoms with Crippen LogP contribution in [0.1, 0.15) is 34.8 Å². The zero-order valence-corrected chi connectivity index (χ0v) is 16.6. The summed E-state index contributed by atoms with van der Waals surface area (Å²) in [6, 6.07) is 11.7. The second kappa shape index (κ2) is 7.59. The molecular formula is C21H21N3O3S. The van der Waals surface area contributed by atoms with E-state index in [4.69, 9.17) is 4.74 Å². The molecule has 2 amide bonds. The van der Waals surface area contributed by atoms with Gasteiger partial charge in [-0.1, -0.05) is 41.7 Å². The van der Waals surface area contributed by atoms with E-state index in [1.54, 1.807) is 0 Å². The number of carbonyl (C=O) groups excluding carboxylic acids is 2. The number of nitrogens with zero attached hydrogens (tertiary/aromatic N) is 2. The summed E-state index contributed by atoms with van der Waals surface area (Å²) in [5.74, 6) is 0.428. The smallest absolute Gasteiger partial charge is 0.258 e. The minimum absolute atomic E-state index is 0.0413. The summed E-state index contributed by atoms with van der Waals surface area (Å²) in [4.78, 5) is 32.1. The number of amides is 2. The van der Waals surface area contributed by atoms with Crippen LogP contribution in [0, 0.1) is 0 Å². The molecule has 7 heteroatoms. The summed E-state index contributed by atoms with van der Waals surface area (Å²) in [6.07, 6.45) is 0.673. The van der Waals surface area contributed by atoms with Crippen LogP contribution in [0.5, 0.6) is 5.75 Å². The highest BCUT2D eigenvalue weighted by atomic mass is 32.1. The molecule has 0 bridgehead atoms. The van der Waals surface area contributed by atoms with Crippen LogP contribution in [0.25, 0.3) is 10.8 Å². The van der Waals surface area contributed by atoms with Crippen LogP contribution in [0.4, 0.5) is 5.13 Å². The first-order valence-corrected chi connectivity index (χ1v) is 10.1. The van der Waals surface area contributed by atoms with Gasteiger partial charge >= 0.3 is 0 Å². The summed E-state index contributed by atoms with van der Waals surface area (Å²) in [5.41, 5.74) is 1.57. The monoisotopic (exact) mass is 395 g/mol. The molecule has 0 fully saturated rings. The molecule has 1 aliphatic heterocycles. The summed E-state index contributed by atoms with van der Waals surface area (Å²) in [6.45, 7) is 4.95. The number of carbonyl (C=O) groups is 2. The maximum atomic E-state index is 13.5. The van der Waals surface area contributed by atoms with Crippen LogP contribution < -0.4 is 10.1 Å². The van der Waals surface area contributed by atoms with Crippen molar-refractivity contribution < 1.29 is 14.3 Å². The molecule has 0 radical (unpaired) electrons. The molecule has 2 aromatic carbocycles. The van der Waals surface area contributed by atoms with Crippen molar-refractivity contribution >= 4 is 39.1 Å². The molecule has 0 saturated carbocycles. The molecule has 1 N–H and O–H groups in total. The first-order valence-electron chi connectivity index (χ1n) is 9.26. The lowest BCUT2D eigenvalue weighted by Crippen LogP contribution is -2.35. The van der Waals surface area contributed by atoms with Gasteiger partial charge in [-0.3, -0.25) is 9.59 Å². The van der Waals surface area contributed by atoms with E-state index in [1.807, 2.05) is 48.2 Å². The van der Waals surface area contributed by atoms with E-state index >= 15 is 0 Å². The molecule has 0 atom stereocenters. The number of hydrogen-bond acceptors (Lipinski definition) is 5. The van der Waals surface area contributed by atoms with Crippen molar-refractivity contribution in [2.45, 2.75) is 26.8 Å². The van der Waals surface area contributed by atoms with Gasteiger partial charge in [0.15, 0.2) is 5.13 Å². The first-order chi connectivity index (χ1) is 13.6. The largest absolute Gasteiger partial charge is 0.493 e. The minimum atomic E-state index is -0.142. The van der Waals surface area contributed by atoms with Gasteiger partial charge in [0.25, 0.3) is 5.91 Å². The van der Waals surface area contributed by atoms with E-state index in [0.717, 1.165) is 21.3 Å². The van der Waals surface area contributed by atoms with Gasteiger partial charge in [0, 0.05) is 24.8 Å². The van der Waals surface area contributed by atoms with E-state index < -0.39 is 0 Å². The molecular weight excluding hydrogens is 374 g/mol. The molecule has 144 valence electrons. The first kappa shape index (κ1) is 18.4. The number of fused-ring (bicyclic) bond motifs is 2. The Hall–Kier alpha value is -2.93. The predicted octanol–water partition coefficient (Wildman–Crippen LogP) is 3.85. The fourth-order valence-corrected chi connectivity index (χ4v) is 4.55. The quantitative estimate of drug-likeness (QED) is 0.728. The highest BCUT2D eigenvalue weighted by molar-refractivity contribution is 7.15. The number of ether oxygens (including phenoxy) is 1. The standard InChI is InChI=1S/C21H21N3O3S/c1-3-27-17-9-8-14-6-4-5-7-15(14)19(17)20(26)24-11-10-16-18(12-24)28-21(23-16)22-13(2)25/h4-9H,3,10-12H2,1-2H3,(H,22,23,25). The van der Waals surface area contributed by atoms with Gasteiger partial charge in [-0.05, 0) is 23.8 Å². The SMILES string of the molecule is CCOc1ccc2ccccc2c1C(=O)N1CCc2nc(NC(C)=O)sc2C1. The van der Waals surface area contributed by atoms with Crippen LogP contribution in [0.3, 0.4) is 0 Å². The van der Waals surface area contributed by atoms with Gasteiger partial charge in [0.2, 0.25) is 5.91 Å². The van der Waals surface area contributed by atoms with Crippen molar-refractivity contribution in [2.24, 2.45) is 0 Å². The molecule has 6 nitrogen and oxygen atoms in total. The van der Waals surface area contributed by atoms with Crippen molar-refractivity contribution in [1.29, 1.82) is 0 Å². The molecule has 0 saturated heterocycles. The van der Waals surface area contributed by atoms with E-state index in [-0.39, 0.29) is 11.8 Å². The van der Waals surface area contributed by atoms with Crippen LogP contribution >= 0.6 is 11.3 Å². The molecule has 4 rings (SSSR count). The normalized spacial score (nSPS) is 13.3. The summed E-state index contributed by atoms with van der Waals surface area (Å²) < 4.78 is 5.77. The Morgan fingerprint density at radius 2 is 2.07 bits per heavy atom. The van der Waals surface area contributed by atoms with Gasteiger partial charge in [0.05, 0.1) is 24.4 Å². The Morgan fingerprint density at radius 1 is 1.25 bits per heavy atom. The van der Waals surface area contributed by atoms with Crippen molar-refractivity contribution in [3.63, 3.8) is 0 Å². The average molecular weight is 395 g/mol. The lowest BCUT2D eigenvalue weighted by Gasteiger charge is -2.27. The number of benzene rings is 2. The third-order valence-electron chi connectivity index (χ3n) is 4.71. The molecule has 1 aliphatic rings. The zero-order chi connectivity index (χ0) is 19.7. The summed E-state index contributed by atoms with van der Waals surface area (Å²) >= 11 is 1.43. The molecule has 0 unspecified atom stereocenters. The van der Waals surface area contributed by atoms with Gasteiger partial charge in [-0.15, -0.1) is 0 Å². The Labute approximate surface area is 167 Å². The van der Waals surface area contributed by atoms with Crippen molar-refractivity contribution in [1.82, 2.24) is 9.88 Å². The Balaban J connectivity index is 1.67. The van der Waals surface area contributed by atoms with Crippen molar-refractivity contribution in [3.05, 3.63) is 52.5 Å². The molecule has 0 aliphatic carbocycles. The maximum absolute atomic E-state index is 13.5. The molecule has 2 heterocycles. The summed E-state index contributed by atoms with van der Waals surface area (Å²) in [7, 11) is 0. The molecule has 1 aromatic heterocycles. The van der Waals surface area contributed by atoms with Gasteiger partial charge in [-0.25, -0.2) is 4.98 Å². The topological polar surface area (TPSA) is 71.5 Å². The number of aromatic nitrogens is 1. The third-order valence-corrected chi connectivity index (χ3v) is 5.70. The Kier molecular flexibility index (Phi) is 5.00. The molecule has 0 spiro atoms. The number of anilines is 1. The maximum Gasteiger partial charge on any atom is 0.258 e. The number of hydrogen-bond donors (Lipinski definition) is 1. The van der Waals surface area contributed by atoms with Crippen molar-refractivity contribution in [3.8, 4) is 5.75 Å². The van der Waals surface area contributed by atoms with Crippen molar-refractivity contribution in [2.75, 3.05) is 18.5 Å². The second-order valence-corrected chi connectivity index (χ2v) is 7.72. The van der Waals surface area contributed by atoms with E-state index in [1.165, 1.54) is 18.3 Å². The number of thiazole rings is 1. The van der Waals surface area contributed by atoms with Crippen LogP contribution in [0.2, 0.25) is 0 Å². The molecule has 3 aromatic rings. The Bertz CT molecular complexity index is 1060. The van der Waals surface area contributed by atoms with E-state index in [9.17, 15) is 9.59 Å². The zero-order valence-electron chi connectivity index (χ0n) is 15.8. The Morgan fingerprint density at radius 3 is 2.86 bits per heavy atom. The van der Waals surface area contributed by atoms with Crippen LogP contribution in [-0.2, 0) is 17.8 Å². The van der Waals surface area contributed by atoms with Gasteiger partial charge in [-0.2, -0.15) is 0 Å². The third kappa shape index (κ3) is 3.45. The van der Waals surface area contributed by atoms with E-state index in [0.29, 0.717) is 42.6 Å². The van der Waals surface area contributed by atoms with Crippen LogP contribution in [0.15, 0.2) is 36.4 Å². The molecule has 28 heavy (non-hydrogen) atoms. The average Bonchev–Trinajstić information content (AvgIpc) is 3.08. The van der Waals surface area contributed by atoms with Crippen LogP contribution in [-0.4, -0.2) is 34.8 Å².